The van der Waals surface area contributed by atoms with Crippen LogP contribution >= 0.6 is 0 Å². The standard InChI is InChI=1S/C17H25F3O3/c1-4-6-8-14(7-5-2)23-15-10-9-13(17(18,19)20)11-16(15)22-12-21-3/h9-11,14H,4-8,12H2,1-3H3. The van der Waals surface area contributed by atoms with Crippen molar-refractivity contribution in [1.82, 2.24) is 0 Å². The molecule has 0 aliphatic carbocycles. The maximum Gasteiger partial charge on any atom is 0.416 e. The lowest BCUT2D eigenvalue weighted by molar-refractivity contribution is -0.137. The molecule has 0 radical (unpaired) electrons. The highest BCUT2D eigenvalue weighted by Gasteiger charge is 2.31. The quantitative estimate of drug-likeness (QED) is 0.534. The van der Waals surface area contributed by atoms with Crippen LogP contribution in [0.1, 0.15) is 51.5 Å². The van der Waals surface area contributed by atoms with E-state index < -0.39 is 11.7 Å². The molecule has 0 saturated heterocycles. The predicted octanol–water partition coefficient (Wildman–Crippen LogP) is 5.43. The fourth-order valence-corrected chi connectivity index (χ4v) is 2.21. The van der Waals surface area contributed by atoms with Crippen LogP contribution in [0, 0.1) is 0 Å². The van der Waals surface area contributed by atoms with Crippen molar-refractivity contribution in [2.45, 2.75) is 58.2 Å². The van der Waals surface area contributed by atoms with Crippen molar-refractivity contribution < 1.29 is 27.4 Å². The van der Waals surface area contributed by atoms with Gasteiger partial charge in [0.25, 0.3) is 0 Å². The van der Waals surface area contributed by atoms with Crippen LogP contribution in [0.4, 0.5) is 13.2 Å². The van der Waals surface area contributed by atoms with Crippen LogP contribution in [-0.2, 0) is 10.9 Å². The summed E-state index contributed by atoms with van der Waals surface area (Å²) in [6.45, 7) is 4.01. The normalized spacial score (nSPS) is 13.0. The molecule has 1 unspecified atom stereocenters. The van der Waals surface area contributed by atoms with Gasteiger partial charge in [-0.1, -0.05) is 33.1 Å². The summed E-state index contributed by atoms with van der Waals surface area (Å²) in [5, 5.41) is 0. The van der Waals surface area contributed by atoms with Gasteiger partial charge in [-0.2, -0.15) is 13.2 Å². The maximum absolute atomic E-state index is 12.8. The molecule has 0 saturated carbocycles. The van der Waals surface area contributed by atoms with Crippen molar-refractivity contribution in [1.29, 1.82) is 0 Å². The minimum Gasteiger partial charge on any atom is -0.487 e. The summed E-state index contributed by atoms with van der Waals surface area (Å²) in [4.78, 5) is 0. The molecule has 0 heterocycles. The largest absolute Gasteiger partial charge is 0.487 e. The van der Waals surface area contributed by atoms with E-state index in [0.29, 0.717) is 5.75 Å². The first-order valence-corrected chi connectivity index (χ1v) is 7.92. The second-order valence-electron chi connectivity index (χ2n) is 5.38. The minimum atomic E-state index is -4.42. The van der Waals surface area contributed by atoms with Crippen LogP contribution in [0.2, 0.25) is 0 Å². The van der Waals surface area contributed by atoms with Gasteiger partial charge in [0.1, 0.15) is 0 Å². The van der Waals surface area contributed by atoms with E-state index in [1.54, 1.807) is 0 Å². The van der Waals surface area contributed by atoms with Crippen molar-refractivity contribution in [2.75, 3.05) is 13.9 Å². The van der Waals surface area contributed by atoms with Crippen molar-refractivity contribution in [3.8, 4) is 11.5 Å². The number of methoxy groups -OCH3 is 1. The fourth-order valence-electron chi connectivity index (χ4n) is 2.21. The van der Waals surface area contributed by atoms with Gasteiger partial charge < -0.3 is 14.2 Å². The molecule has 0 bridgehead atoms. The molecule has 0 N–H and O–H groups in total. The van der Waals surface area contributed by atoms with Crippen molar-refractivity contribution in [2.24, 2.45) is 0 Å². The van der Waals surface area contributed by atoms with E-state index >= 15 is 0 Å². The third kappa shape index (κ3) is 6.69. The first-order chi connectivity index (χ1) is 10.9. The van der Waals surface area contributed by atoms with Gasteiger partial charge >= 0.3 is 6.18 Å². The summed E-state index contributed by atoms with van der Waals surface area (Å²) in [6, 6.07) is 3.29. The van der Waals surface area contributed by atoms with Crippen LogP contribution in [0.5, 0.6) is 11.5 Å². The Morgan fingerprint density at radius 2 is 1.78 bits per heavy atom. The molecule has 0 aromatic heterocycles. The first kappa shape index (κ1) is 19.6. The molecule has 23 heavy (non-hydrogen) atoms. The van der Waals surface area contributed by atoms with E-state index in [2.05, 4.69) is 13.8 Å². The second kappa shape index (κ2) is 9.65. The lowest BCUT2D eigenvalue weighted by Crippen LogP contribution is -2.17. The zero-order valence-electron chi connectivity index (χ0n) is 13.9. The summed E-state index contributed by atoms with van der Waals surface area (Å²) in [6.07, 6.45) is 0.280. The Morgan fingerprint density at radius 1 is 1.04 bits per heavy atom. The highest BCUT2D eigenvalue weighted by molar-refractivity contribution is 5.44. The molecule has 0 amide bonds. The summed E-state index contributed by atoms with van der Waals surface area (Å²) >= 11 is 0. The summed E-state index contributed by atoms with van der Waals surface area (Å²) < 4.78 is 54.5. The van der Waals surface area contributed by atoms with E-state index in [9.17, 15) is 13.2 Å². The summed E-state index contributed by atoms with van der Waals surface area (Å²) in [5.74, 6) is 0.379. The van der Waals surface area contributed by atoms with Gasteiger partial charge in [0.2, 0.25) is 0 Å². The lowest BCUT2D eigenvalue weighted by Gasteiger charge is -2.21. The predicted molar refractivity (Wildman–Crippen MR) is 82.8 cm³/mol. The molecule has 1 aromatic carbocycles. The smallest absolute Gasteiger partial charge is 0.416 e. The topological polar surface area (TPSA) is 27.7 Å². The molecule has 3 nitrogen and oxygen atoms in total. The Bertz CT molecular complexity index is 461. The third-order valence-corrected chi connectivity index (χ3v) is 3.39. The Hall–Kier alpha value is -1.43. The molecular weight excluding hydrogens is 309 g/mol. The van der Waals surface area contributed by atoms with Crippen LogP contribution in [-0.4, -0.2) is 20.0 Å². The molecule has 0 aliphatic heterocycles. The number of ether oxygens (including phenoxy) is 3. The van der Waals surface area contributed by atoms with Gasteiger partial charge in [-0.15, -0.1) is 0 Å². The summed E-state index contributed by atoms with van der Waals surface area (Å²) in [5.41, 5.74) is -0.767. The highest BCUT2D eigenvalue weighted by atomic mass is 19.4. The number of unbranched alkanes of at least 4 members (excludes halogenated alkanes) is 1. The Balaban J connectivity index is 2.97. The van der Waals surface area contributed by atoms with Gasteiger partial charge in [0.15, 0.2) is 18.3 Å². The van der Waals surface area contributed by atoms with Crippen LogP contribution in [0.3, 0.4) is 0 Å². The average molecular weight is 334 g/mol. The van der Waals surface area contributed by atoms with Crippen molar-refractivity contribution >= 4 is 0 Å². The lowest BCUT2D eigenvalue weighted by atomic mass is 10.1. The highest BCUT2D eigenvalue weighted by Crippen LogP contribution is 2.37. The van der Waals surface area contributed by atoms with Gasteiger partial charge in [-0.3, -0.25) is 0 Å². The number of hydrogen-bond donors (Lipinski definition) is 0. The number of benzene rings is 1. The number of rotatable bonds is 10. The molecule has 1 atom stereocenters. The van der Waals surface area contributed by atoms with E-state index in [-0.39, 0.29) is 18.6 Å². The zero-order chi connectivity index (χ0) is 17.3. The van der Waals surface area contributed by atoms with Crippen LogP contribution < -0.4 is 9.47 Å². The van der Waals surface area contributed by atoms with Crippen LogP contribution in [0.25, 0.3) is 0 Å². The second-order valence-corrected chi connectivity index (χ2v) is 5.38. The average Bonchev–Trinajstić information content (AvgIpc) is 2.50. The SMILES string of the molecule is CCCCC(CCC)Oc1ccc(C(F)(F)F)cc1OCOC. The molecule has 1 rings (SSSR count). The number of alkyl halides is 3. The fraction of sp³-hybridized carbons (Fsp3) is 0.647. The van der Waals surface area contributed by atoms with Gasteiger partial charge in [0.05, 0.1) is 11.7 Å². The molecule has 0 aliphatic rings. The maximum atomic E-state index is 12.8. The molecule has 6 heteroatoms. The third-order valence-electron chi connectivity index (χ3n) is 3.39. The molecule has 132 valence electrons. The molecule has 0 spiro atoms. The molecule has 0 fully saturated rings. The Kier molecular flexibility index (Phi) is 8.23. The van der Waals surface area contributed by atoms with Gasteiger partial charge in [-0.05, 0) is 31.0 Å². The van der Waals surface area contributed by atoms with E-state index in [1.807, 2.05) is 0 Å². The molecular formula is C17H25F3O3. The van der Waals surface area contributed by atoms with Gasteiger partial charge in [0, 0.05) is 7.11 Å². The number of hydrogen-bond acceptors (Lipinski definition) is 3. The summed E-state index contributed by atoms with van der Waals surface area (Å²) in [7, 11) is 1.41. The van der Waals surface area contributed by atoms with E-state index in [4.69, 9.17) is 14.2 Å². The van der Waals surface area contributed by atoms with Crippen molar-refractivity contribution in [3.63, 3.8) is 0 Å². The van der Waals surface area contributed by atoms with Gasteiger partial charge in [-0.25, -0.2) is 0 Å². The molecule has 1 aromatic rings. The Labute approximate surface area is 135 Å². The monoisotopic (exact) mass is 334 g/mol. The zero-order valence-corrected chi connectivity index (χ0v) is 13.9. The van der Waals surface area contributed by atoms with E-state index in [1.165, 1.54) is 13.2 Å². The van der Waals surface area contributed by atoms with E-state index in [0.717, 1.165) is 44.2 Å². The Morgan fingerprint density at radius 3 is 2.35 bits per heavy atom. The number of halogens is 3. The first-order valence-electron chi connectivity index (χ1n) is 7.92. The van der Waals surface area contributed by atoms with Crippen molar-refractivity contribution in [3.05, 3.63) is 23.8 Å². The minimum absolute atomic E-state index is 0.0263. The van der Waals surface area contributed by atoms with Crippen LogP contribution in [0.15, 0.2) is 18.2 Å².